The summed E-state index contributed by atoms with van der Waals surface area (Å²) >= 11 is 0. The first-order valence-electron chi connectivity index (χ1n) is 5.65. The third-order valence-corrected chi connectivity index (χ3v) is 2.45. The van der Waals surface area contributed by atoms with E-state index in [1.54, 1.807) is 0 Å². The monoisotopic (exact) mass is 215 g/mol. The van der Waals surface area contributed by atoms with Gasteiger partial charge in [0.15, 0.2) is 0 Å². The molecule has 1 heterocycles. The molecule has 0 aliphatic heterocycles. The van der Waals surface area contributed by atoms with E-state index in [0.29, 0.717) is 0 Å². The van der Waals surface area contributed by atoms with Crippen LogP contribution in [0.2, 0.25) is 0 Å². The first-order valence-corrected chi connectivity index (χ1v) is 5.65. The lowest BCUT2D eigenvalue weighted by Gasteiger charge is -2.09. The molecule has 0 unspecified atom stereocenters. The van der Waals surface area contributed by atoms with Crippen molar-refractivity contribution in [1.29, 1.82) is 0 Å². The molecule has 0 bridgehead atoms. The topological polar surface area (TPSA) is 29.9 Å². The molecular weight excluding hydrogens is 198 g/mol. The highest BCUT2D eigenvalue weighted by Crippen LogP contribution is 2.15. The summed E-state index contributed by atoms with van der Waals surface area (Å²) in [6.45, 7) is 5.19. The van der Waals surface area contributed by atoms with Crippen molar-refractivity contribution in [3.63, 3.8) is 0 Å². The number of imidazole rings is 1. The molecule has 0 radical (unpaired) electrons. The van der Waals surface area contributed by atoms with Crippen LogP contribution in [0.25, 0.3) is 5.69 Å². The maximum atomic E-state index is 4.31. The van der Waals surface area contributed by atoms with Crippen molar-refractivity contribution in [2.45, 2.75) is 20.3 Å². The molecule has 0 amide bonds. The predicted octanol–water partition coefficient (Wildman–Crippen LogP) is 3.00. The van der Waals surface area contributed by atoms with Crippen LogP contribution in [0.3, 0.4) is 0 Å². The fraction of sp³-hybridized carbons (Fsp3) is 0.308. The smallest absolute Gasteiger partial charge is 0.207 e. The zero-order valence-corrected chi connectivity index (χ0v) is 9.77. The maximum absolute atomic E-state index is 4.31. The lowest BCUT2D eigenvalue weighted by molar-refractivity contribution is 0.936. The van der Waals surface area contributed by atoms with Crippen LogP contribution in [0.5, 0.6) is 0 Å². The second-order valence-electron chi connectivity index (χ2n) is 3.89. The zero-order chi connectivity index (χ0) is 11.4. The van der Waals surface area contributed by atoms with Crippen LogP contribution < -0.4 is 5.32 Å². The minimum atomic E-state index is 0.910. The number of aromatic nitrogens is 2. The number of hydrogen-bond donors (Lipinski definition) is 1. The Morgan fingerprint density at radius 2 is 2.25 bits per heavy atom. The normalized spacial score (nSPS) is 10.4. The first kappa shape index (κ1) is 10.7. The van der Waals surface area contributed by atoms with Crippen molar-refractivity contribution < 1.29 is 0 Å². The third-order valence-electron chi connectivity index (χ3n) is 2.45. The van der Waals surface area contributed by atoms with Crippen molar-refractivity contribution in [3.05, 3.63) is 42.2 Å². The molecule has 3 heteroatoms. The number of rotatable bonds is 4. The molecule has 0 atom stereocenters. The minimum absolute atomic E-state index is 0.910. The number of nitrogens with one attached hydrogen (secondary N) is 1. The van der Waals surface area contributed by atoms with Gasteiger partial charge < -0.3 is 5.32 Å². The summed E-state index contributed by atoms with van der Waals surface area (Å²) in [6.07, 6.45) is 4.90. The maximum Gasteiger partial charge on any atom is 0.207 e. The second kappa shape index (κ2) is 4.84. The van der Waals surface area contributed by atoms with E-state index in [-0.39, 0.29) is 0 Å². The second-order valence-corrected chi connectivity index (χ2v) is 3.89. The van der Waals surface area contributed by atoms with Gasteiger partial charge in [-0.1, -0.05) is 19.1 Å². The molecule has 84 valence electrons. The summed E-state index contributed by atoms with van der Waals surface area (Å²) in [5.41, 5.74) is 2.41. The van der Waals surface area contributed by atoms with Gasteiger partial charge in [-0.3, -0.25) is 4.57 Å². The molecule has 2 rings (SSSR count). The van der Waals surface area contributed by atoms with Crippen molar-refractivity contribution in [1.82, 2.24) is 9.55 Å². The highest BCUT2D eigenvalue weighted by Gasteiger charge is 2.03. The van der Waals surface area contributed by atoms with Gasteiger partial charge in [-0.15, -0.1) is 0 Å². The number of nitrogens with zero attached hydrogens (tertiary/aromatic N) is 2. The molecule has 1 aromatic heterocycles. The van der Waals surface area contributed by atoms with Gasteiger partial charge in [0.25, 0.3) is 0 Å². The largest absolute Gasteiger partial charge is 0.355 e. The quantitative estimate of drug-likeness (QED) is 0.849. The molecule has 3 nitrogen and oxygen atoms in total. The molecule has 0 aliphatic carbocycles. The van der Waals surface area contributed by atoms with Crippen molar-refractivity contribution in [2.75, 3.05) is 11.9 Å². The minimum Gasteiger partial charge on any atom is -0.355 e. The fourth-order valence-electron chi connectivity index (χ4n) is 1.66. The highest BCUT2D eigenvalue weighted by molar-refractivity contribution is 5.43. The van der Waals surface area contributed by atoms with Crippen LogP contribution in [0.1, 0.15) is 18.9 Å². The third kappa shape index (κ3) is 2.24. The van der Waals surface area contributed by atoms with Crippen molar-refractivity contribution in [3.8, 4) is 5.69 Å². The summed E-state index contributed by atoms with van der Waals surface area (Å²) in [6, 6.07) is 8.40. The molecule has 0 aliphatic rings. The number of aryl methyl sites for hydroxylation is 1. The Hall–Kier alpha value is -1.77. The van der Waals surface area contributed by atoms with E-state index in [1.165, 1.54) is 5.56 Å². The Kier molecular flexibility index (Phi) is 3.25. The van der Waals surface area contributed by atoms with Gasteiger partial charge in [0, 0.05) is 24.6 Å². The van der Waals surface area contributed by atoms with E-state index >= 15 is 0 Å². The number of benzene rings is 1. The van der Waals surface area contributed by atoms with E-state index < -0.39 is 0 Å². The van der Waals surface area contributed by atoms with Crippen molar-refractivity contribution in [2.24, 2.45) is 0 Å². The Morgan fingerprint density at radius 3 is 3.00 bits per heavy atom. The zero-order valence-electron chi connectivity index (χ0n) is 9.77. The van der Waals surface area contributed by atoms with E-state index in [0.717, 1.165) is 24.6 Å². The number of hydrogen-bond acceptors (Lipinski definition) is 2. The van der Waals surface area contributed by atoms with Gasteiger partial charge in [0.2, 0.25) is 5.95 Å². The molecule has 1 aromatic carbocycles. The van der Waals surface area contributed by atoms with Gasteiger partial charge in [-0.2, -0.15) is 0 Å². The molecule has 0 spiro atoms. The predicted molar refractivity (Wildman–Crippen MR) is 67.1 cm³/mol. The summed E-state index contributed by atoms with van der Waals surface area (Å²) in [4.78, 5) is 4.31. The summed E-state index contributed by atoms with van der Waals surface area (Å²) in [7, 11) is 0. The van der Waals surface area contributed by atoms with Crippen LogP contribution in [0, 0.1) is 6.92 Å². The van der Waals surface area contributed by atoms with Crippen LogP contribution in [-0.2, 0) is 0 Å². The highest BCUT2D eigenvalue weighted by atomic mass is 15.2. The van der Waals surface area contributed by atoms with Crippen LogP contribution in [0.4, 0.5) is 5.95 Å². The Labute approximate surface area is 96.1 Å². The fourth-order valence-corrected chi connectivity index (χ4v) is 1.66. The van der Waals surface area contributed by atoms with E-state index in [2.05, 4.69) is 53.0 Å². The van der Waals surface area contributed by atoms with Crippen LogP contribution in [0.15, 0.2) is 36.7 Å². The first-order chi connectivity index (χ1) is 7.81. The Morgan fingerprint density at radius 1 is 1.38 bits per heavy atom. The number of anilines is 1. The van der Waals surface area contributed by atoms with E-state index in [1.807, 2.05) is 12.4 Å². The van der Waals surface area contributed by atoms with Crippen molar-refractivity contribution >= 4 is 5.95 Å². The van der Waals surface area contributed by atoms with Gasteiger partial charge in [-0.25, -0.2) is 4.98 Å². The molecule has 0 saturated carbocycles. The summed E-state index contributed by atoms with van der Waals surface area (Å²) < 4.78 is 2.07. The van der Waals surface area contributed by atoms with Gasteiger partial charge in [0.05, 0.1) is 0 Å². The molecule has 1 N–H and O–H groups in total. The molecule has 0 saturated heterocycles. The summed E-state index contributed by atoms with van der Waals surface area (Å²) in [5, 5.41) is 3.31. The Balaban J connectivity index is 2.29. The van der Waals surface area contributed by atoms with Gasteiger partial charge in [0.1, 0.15) is 0 Å². The Bertz CT molecular complexity index is 460. The molecule has 16 heavy (non-hydrogen) atoms. The lowest BCUT2D eigenvalue weighted by Crippen LogP contribution is -2.06. The van der Waals surface area contributed by atoms with Crippen LogP contribution in [-0.4, -0.2) is 16.1 Å². The lowest BCUT2D eigenvalue weighted by atomic mass is 10.2. The van der Waals surface area contributed by atoms with Gasteiger partial charge >= 0.3 is 0 Å². The van der Waals surface area contributed by atoms with E-state index in [9.17, 15) is 0 Å². The average molecular weight is 215 g/mol. The molecule has 2 aromatic rings. The standard InChI is InChI=1S/C13H17N3/c1-3-7-14-13-15-8-9-16(13)12-6-4-5-11(2)10-12/h4-6,8-10H,3,7H2,1-2H3,(H,14,15). The SMILES string of the molecule is CCCNc1nccn1-c1cccc(C)c1. The molecular formula is C13H17N3. The van der Waals surface area contributed by atoms with Gasteiger partial charge in [-0.05, 0) is 31.0 Å². The summed E-state index contributed by atoms with van der Waals surface area (Å²) in [5.74, 6) is 0.910. The molecule has 0 fully saturated rings. The van der Waals surface area contributed by atoms with E-state index in [4.69, 9.17) is 0 Å². The average Bonchev–Trinajstić information content (AvgIpc) is 2.74. The van der Waals surface area contributed by atoms with Crippen LogP contribution >= 0.6 is 0 Å².